The van der Waals surface area contributed by atoms with Crippen LogP contribution < -0.4 is 15.4 Å². The average molecular weight is 246 g/mol. The second-order valence-corrected chi connectivity index (χ2v) is 4.20. The van der Waals surface area contributed by atoms with Gasteiger partial charge in [0, 0.05) is 18.5 Å². The molecule has 0 radical (unpaired) electrons. The summed E-state index contributed by atoms with van der Waals surface area (Å²) in [6.07, 6.45) is 1.61. The molecular weight excluding hydrogens is 232 g/mol. The normalized spacial score (nSPS) is 19.8. The van der Waals surface area contributed by atoms with E-state index < -0.39 is 0 Å². The predicted molar refractivity (Wildman–Crippen MR) is 66.5 cm³/mol. The predicted octanol–water partition coefficient (Wildman–Crippen LogP) is 1.20. The highest BCUT2D eigenvalue weighted by Gasteiger charge is 2.26. The molecule has 1 aliphatic rings. The molecule has 5 nitrogen and oxygen atoms in total. The number of amides is 1. The number of carbonyl (C=O) groups excluding carboxylic acids is 1. The van der Waals surface area contributed by atoms with E-state index in [1.807, 2.05) is 18.2 Å². The SMILES string of the molecule is COc1ccc(C2NCCNC2=O)c2ccoc12. The third-order valence-electron chi connectivity index (χ3n) is 3.18. The second-order valence-electron chi connectivity index (χ2n) is 4.20. The topological polar surface area (TPSA) is 63.5 Å². The molecule has 5 heteroatoms. The lowest BCUT2D eigenvalue weighted by Gasteiger charge is -2.24. The smallest absolute Gasteiger partial charge is 0.241 e. The van der Waals surface area contributed by atoms with Crippen molar-refractivity contribution in [1.82, 2.24) is 10.6 Å². The summed E-state index contributed by atoms with van der Waals surface area (Å²) in [6.45, 7) is 1.43. The molecule has 1 amide bonds. The summed E-state index contributed by atoms with van der Waals surface area (Å²) in [6, 6.07) is 5.26. The van der Waals surface area contributed by atoms with Crippen LogP contribution in [0.25, 0.3) is 11.0 Å². The summed E-state index contributed by atoms with van der Waals surface area (Å²) in [5, 5.41) is 6.97. The maximum absolute atomic E-state index is 11.9. The molecule has 1 aliphatic heterocycles. The first kappa shape index (κ1) is 11.1. The van der Waals surface area contributed by atoms with Crippen LogP contribution in [0.15, 0.2) is 28.9 Å². The summed E-state index contributed by atoms with van der Waals surface area (Å²) in [4.78, 5) is 11.9. The molecule has 1 fully saturated rings. The first-order valence-electron chi connectivity index (χ1n) is 5.86. The summed E-state index contributed by atoms with van der Waals surface area (Å²) < 4.78 is 10.7. The van der Waals surface area contributed by atoms with E-state index in [4.69, 9.17) is 9.15 Å². The van der Waals surface area contributed by atoms with Gasteiger partial charge in [-0.05, 0) is 17.7 Å². The van der Waals surface area contributed by atoms with Gasteiger partial charge in [0.25, 0.3) is 0 Å². The highest BCUT2D eigenvalue weighted by atomic mass is 16.5. The minimum absolute atomic E-state index is 0.00563. The van der Waals surface area contributed by atoms with Crippen molar-refractivity contribution in [2.45, 2.75) is 6.04 Å². The second kappa shape index (κ2) is 4.34. The molecule has 0 aliphatic carbocycles. The van der Waals surface area contributed by atoms with Crippen molar-refractivity contribution in [3.05, 3.63) is 30.0 Å². The van der Waals surface area contributed by atoms with E-state index in [2.05, 4.69) is 10.6 Å². The van der Waals surface area contributed by atoms with Gasteiger partial charge in [-0.3, -0.25) is 4.79 Å². The van der Waals surface area contributed by atoms with Crippen LogP contribution in [0.3, 0.4) is 0 Å². The number of hydrogen-bond donors (Lipinski definition) is 2. The van der Waals surface area contributed by atoms with Crippen LogP contribution in [-0.4, -0.2) is 26.1 Å². The summed E-state index contributed by atoms with van der Waals surface area (Å²) >= 11 is 0. The number of ether oxygens (including phenoxy) is 1. The molecule has 0 spiro atoms. The number of rotatable bonds is 2. The standard InChI is InChI=1S/C13H14N2O3/c1-17-10-3-2-8(9-4-7-18-12(9)10)11-13(16)15-6-5-14-11/h2-4,7,11,14H,5-6H2,1H3,(H,15,16). The zero-order chi connectivity index (χ0) is 12.5. The van der Waals surface area contributed by atoms with Gasteiger partial charge in [-0.2, -0.15) is 0 Å². The monoisotopic (exact) mass is 246 g/mol. The Morgan fingerprint density at radius 3 is 3.00 bits per heavy atom. The summed E-state index contributed by atoms with van der Waals surface area (Å²) in [5.41, 5.74) is 1.59. The van der Waals surface area contributed by atoms with E-state index in [1.165, 1.54) is 0 Å². The van der Waals surface area contributed by atoms with E-state index in [9.17, 15) is 4.79 Å². The Balaban J connectivity index is 2.12. The lowest BCUT2D eigenvalue weighted by atomic mass is 10.0. The summed E-state index contributed by atoms with van der Waals surface area (Å²) in [7, 11) is 1.60. The van der Waals surface area contributed by atoms with Crippen LogP contribution in [0.5, 0.6) is 5.75 Å². The van der Waals surface area contributed by atoms with Crippen LogP contribution >= 0.6 is 0 Å². The van der Waals surface area contributed by atoms with Gasteiger partial charge in [0.2, 0.25) is 5.91 Å². The molecule has 1 saturated heterocycles. The Hall–Kier alpha value is -2.01. The van der Waals surface area contributed by atoms with Crippen molar-refractivity contribution in [2.75, 3.05) is 20.2 Å². The first-order chi connectivity index (χ1) is 8.81. The van der Waals surface area contributed by atoms with Gasteiger partial charge in [0.15, 0.2) is 11.3 Å². The van der Waals surface area contributed by atoms with E-state index in [0.717, 1.165) is 17.5 Å². The highest BCUT2D eigenvalue weighted by molar-refractivity contribution is 5.93. The number of methoxy groups -OCH3 is 1. The van der Waals surface area contributed by atoms with Crippen LogP contribution in [0.4, 0.5) is 0 Å². The Bertz CT molecular complexity index is 591. The molecule has 1 atom stereocenters. The molecule has 1 aromatic carbocycles. The number of piperazine rings is 1. The van der Waals surface area contributed by atoms with Crippen LogP contribution in [0.2, 0.25) is 0 Å². The Kier molecular flexibility index (Phi) is 2.68. The number of benzene rings is 1. The van der Waals surface area contributed by atoms with E-state index in [0.29, 0.717) is 17.9 Å². The third-order valence-corrected chi connectivity index (χ3v) is 3.18. The van der Waals surface area contributed by atoms with E-state index in [-0.39, 0.29) is 11.9 Å². The molecule has 2 N–H and O–H groups in total. The zero-order valence-electron chi connectivity index (χ0n) is 10.0. The van der Waals surface area contributed by atoms with Crippen molar-refractivity contribution < 1.29 is 13.9 Å². The lowest BCUT2D eigenvalue weighted by Crippen LogP contribution is -2.47. The molecule has 18 heavy (non-hydrogen) atoms. The number of carbonyl (C=O) groups is 1. The minimum atomic E-state index is -0.329. The van der Waals surface area contributed by atoms with Crippen molar-refractivity contribution in [2.24, 2.45) is 0 Å². The Labute approximate surface area is 104 Å². The van der Waals surface area contributed by atoms with Gasteiger partial charge in [-0.1, -0.05) is 6.07 Å². The molecule has 2 heterocycles. The van der Waals surface area contributed by atoms with Crippen LogP contribution in [-0.2, 0) is 4.79 Å². The van der Waals surface area contributed by atoms with E-state index in [1.54, 1.807) is 13.4 Å². The zero-order valence-corrected chi connectivity index (χ0v) is 10.0. The maximum atomic E-state index is 11.9. The van der Waals surface area contributed by atoms with Crippen molar-refractivity contribution in [3.63, 3.8) is 0 Å². The summed E-state index contributed by atoms with van der Waals surface area (Å²) in [5.74, 6) is 0.670. The largest absolute Gasteiger partial charge is 0.493 e. The van der Waals surface area contributed by atoms with Crippen molar-refractivity contribution in [3.8, 4) is 5.75 Å². The molecule has 1 aromatic heterocycles. The quantitative estimate of drug-likeness (QED) is 0.835. The van der Waals surface area contributed by atoms with Crippen LogP contribution in [0.1, 0.15) is 11.6 Å². The fraction of sp³-hybridized carbons (Fsp3) is 0.308. The van der Waals surface area contributed by atoms with E-state index >= 15 is 0 Å². The van der Waals surface area contributed by atoms with Gasteiger partial charge < -0.3 is 19.8 Å². The molecule has 0 bridgehead atoms. The first-order valence-corrected chi connectivity index (χ1v) is 5.86. The van der Waals surface area contributed by atoms with Crippen LogP contribution in [0, 0.1) is 0 Å². The van der Waals surface area contributed by atoms with Crippen molar-refractivity contribution in [1.29, 1.82) is 0 Å². The number of fused-ring (bicyclic) bond motifs is 1. The third kappa shape index (κ3) is 1.64. The lowest BCUT2D eigenvalue weighted by molar-refractivity contribution is -0.124. The molecule has 3 rings (SSSR count). The molecule has 94 valence electrons. The fourth-order valence-electron chi connectivity index (χ4n) is 2.32. The van der Waals surface area contributed by atoms with Gasteiger partial charge in [-0.15, -0.1) is 0 Å². The minimum Gasteiger partial charge on any atom is -0.493 e. The Morgan fingerprint density at radius 2 is 2.22 bits per heavy atom. The fourth-order valence-corrected chi connectivity index (χ4v) is 2.32. The molecule has 2 aromatic rings. The van der Waals surface area contributed by atoms with Crippen molar-refractivity contribution >= 4 is 16.9 Å². The van der Waals surface area contributed by atoms with Gasteiger partial charge >= 0.3 is 0 Å². The number of furan rings is 1. The number of nitrogens with one attached hydrogen (secondary N) is 2. The number of hydrogen-bond acceptors (Lipinski definition) is 4. The maximum Gasteiger partial charge on any atom is 0.241 e. The average Bonchev–Trinajstić information content (AvgIpc) is 2.88. The Morgan fingerprint density at radius 1 is 1.33 bits per heavy atom. The van der Waals surface area contributed by atoms with Gasteiger partial charge in [0.1, 0.15) is 6.04 Å². The van der Waals surface area contributed by atoms with Gasteiger partial charge in [-0.25, -0.2) is 0 Å². The highest BCUT2D eigenvalue weighted by Crippen LogP contribution is 2.32. The molecule has 1 unspecified atom stereocenters. The van der Waals surface area contributed by atoms with Gasteiger partial charge in [0.05, 0.1) is 13.4 Å². The molecule has 0 saturated carbocycles. The molecular formula is C13H14N2O3.